The summed E-state index contributed by atoms with van der Waals surface area (Å²) in [6, 6.07) is 6.89. The molecule has 1 saturated carbocycles. The minimum absolute atomic E-state index is 0.234. The summed E-state index contributed by atoms with van der Waals surface area (Å²) in [7, 11) is 0. The Balaban J connectivity index is 1.25. The van der Waals surface area contributed by atoms with Gasteiger partial charge in [0.15, 0.2) is 6.61 Å². The highest BCUT2D eigenvalue weighted by Crippen LogP contribution is 2.41. The predicted molar refractivity (Wildman–Crippen MR) is 116 cm³/mol. The number of fused-ring (bicyclic) bond motifs is 2. The first-order valence-electron chi connectivity index (χ1n) is 10.4. The van der Waals surface area contributed by atoms with Crippen LogP contribution in [0.1, 0.15) is 32.1 Å². The number of carbonyl (C=O) groups excluding carboxylic acids is 2. The van der Waals surface area contributed by atoms with Crippen LogP contribution in [0.3, 0.4) is 0 Å². The van der Waals surface area contributed by atoms with Crippen molar-refractivity contribution in [1.29, 1.82) is 0 Å². The van der Waals surface area contributed by atoms with E-state index in [1.807, 2.05) is 11.0 Å². The number of hydrogen-bond acceptors (Lipinski definition) is 8. The number of benzene rings is 1. The van der Waals surface area contributed by atoms with Crippen LogP contribution in [0.5, 0.6) is 0 Å². The third-order valence-electron chi connectivity index (χ3n) is 6.05. The Kier molecular flexibility index (Phi) is 5.46. The highest BCUT2D eigenvalue weighted by molar-refractivity contribution is 7.58. The van der Waals surface area contributed by atoms with Gasteiger partial charge in [0.25, 0.3) is 5.91 Å². The molecule has 1 saturated heterocycles. The van der Waals surface area contributed by atoms with E-state index in [1.165, 1.54) is 6.42 Å². The smallest absolute Gasteiger partial charge is 0.329 e. The maximum atomic E-state index is 13.0. The van der Waals surface area contributed by atoms with Crippen molar-refractivity contribution in [3.8, 4) is 0 Å². The molecule has 160 valence electrons. The molecular weight excluding hydrogens is 416 g/mol. The lowest BCUT2D eigenvalue weighted by molar-refractivity contribution is -0.148. The Morgan fingerprint density at radius 3 is 2.84 bits per heavy atom. The number of esters is 1. The van der Waals surface area contributed by atoms with Gasteiger partial charge in [-0.05, 0) is 43.4 Å². The Morgan fingerprint density at radius 1 is 1.13 bits per heavy atom. The van der Waals surface area contributed by atoms with E-state index < -0.39 is 17.9 Å². The average Bonchev–Trinajstić information content (AvgIpc) is 3.43. The lowest BCUT2D eigenvalue weighted by atomic mass is 9.85. The molecule has 2 aliphatic heterocycles. The minimum Gasteiger partial charge on any atom is -0.454 e. The fraction of sp³-hybridized carbons (Fsp3) is 0.429. The van der Waals surface area contributed by atoms with Gasteiger partial charge in [0.2, 0.25) is 5.95 Å². The van der Waals surface area contributed by atoms with Crippen LogP contribution in [0.2, 0.25) is 0 Å². The fourth-order valence-corrected chi connectivity index (χ4v) is 5.26. The number of nitrogens with one attached hydrogen (secondary N) is 1. The summed E-state index contributed by atoms with van der Waals surface area (Å²) in [5.74, 6) is 0.141. The third-order valence-corrected chi connectivity index (χ3v) is 6.59. The van der Waals surface area contributed by atoms with Crippen molar-refractivity contribution in [2.24, 2.45) is 14.6 Å². The van der Waals surface area contributed by atoms with Crippen molar-refractivity contribution in [3.05, 3.63) is 36.7 Å². The van der Waals surface area contributed by atoms with Crippen molar-refractivity contribution in [3.63, 3.8) is 0 Å². The summed E-state index contributed by atoms with van der Waals surface area (Å²) >= 11 is 1.08. The number of anilines is 2. The van der Waals surface area contributed by atoms with E-state index in [0.29, 0.717) is 35.3 Å². The molecule has 1 aromatic heterocycles. The van der Waals surface area contributed by atoms with E-state index in [-0.39, 0.29) is 12.6 Å². The maximum Gasteiger partial charge on any atom is 0.329 e. The molecule has 2 fully saturated rings. The molecule has 3 aliphatic rings. The fourth-order valence-electron chi connectivity index (χ4n) is 4.71. The number of nitrogens with zero attached hydrogens (tertiary/aromatic N) is 5. The minimum atomic E-state index is -0.477. The van der Waals surface area contributed by atoms with Gasteiger partial charge in [-0.2, -0.15) is 8.73 Å². The Labute approximate surface area is 183 Å². The van der Waals surface area contributed by atoms with Crippen molar-refractivity contribution >= 4 is 46.2 Å². The van der Waals surface area contributed by atoms with Crippen molar-refractivity contribution in [1.82, 2.24) is 9.97 Å². The van der Waals surface area contributed by atoms with Crippen LogP contribution >= 0.6 is 0 Å². The van der Waals surface area contributed by atoms with Crippen molar-refractivity contribution in [2.75, 3.05) is 16.8 Å². The monoisotopic (exact) mass is 438 g/mol. The van der Waals surface area contributed by atoms with E-state index in [0.717, 1.165) is 30.6 Å². The van der Waals surface area contributed by atoms with Gasteiger partial charge in [0.1, 0.15) is 17.4 Å². The predicted octanol–water partition coefficient (Wildman–Crippen LogP) is 3.52. The normalized spacial score (nSPS) is 23.6. The zero-order valence-corrected chi connectivity index (χ0v) is 17.6. The van der Waals surface area contributed by atoms with Gasteiger partial charge in [-0.15, -0.1) is 0 Å². The van der Waals surface area contributed by atoms with E-state index in [1.54, 1.807) is 30.6 Å². The molecule has 9 nitrogen and oxygen atoms in total. The Hall–Kier alpha value is -3.14. The summed E-state index contributed by atoms with van der Waals surface area (Å²) in [4.78, 5) is 36.2. The molecule has 1 amide bonds. The largest absolute Gasteiger partial charge is 0.454 e. The number of carbonyl (C=O) groups is 2. The van der Waals surface area contributed by atoms with Gasteiger partial charge in [-0.1, -0.05) is 18.9 Å². The molecule has 3 heterocycles. The van der Waals surface area contributed by atoms with Crippen molar-refractivity contribution in [2.45, 2.75) is 44.2 Å². The van der Waals surface area contributed by atoms with E-state index in [9.17, 15) is 9.59 Å². The van der Waals surface area contributed by atoms with Gasteiger partial charge in [0, 0.05) is 18.4 Å². The molecule has 10 heteroatoms. The molecule has 31 heavy (non-hydrogen) atoms. The van der Waals surface area contributed by atoms with Crippen LogP contribution in [0.15, 0.2) is 45.4 Å². The second-order valence-electron chi connectivity index (χ2n) is 7.91. The number of hydrogen-bond donors (Lipinski definition) is 1. The number of amides is 1. The second-order valence-corrected chi connectivity index (χ2v) is 8.44. The quantitative estimate of drug-likeness (QED) is 0.611. The first-order valence-corrected chi connectivity index (χ1v) is 11.2. The molecule has 1 aromatic carbocycles. The zero-order chi connectivity index (χ0) is 21.2. The molecule has 3 atom stereocenters. The zero-order valence-electron chi connectivity index (χ0n) is 16.8. The van der Waals surface area contributed by atoms with E-state index in [4.69, 9.17) is 4.74 Å². The summed E-state index contributed by atoms with van der Waals surface area (Å²) in [5, 5.41) is 2.76. The molecular formula is C21H22N6O3S. The summed E-state index contributed by atoms with van der Waals surface area (Å²) in [6.07, 6.45) is 8.47. The standard InChI is InChI=1S/C21H22N6O3S/c28-18(24-14-6-3-7-15-19(14)26-31-25-15)12-30-20(29)17-11-13-5-1-2-8-16(13)27(17)21-22-9-4-10-23-21/h3-4,6-7,9-10,13,16-17H,1-2,5,8,11-12H2,(H,24,28)/t13-,16+,17-/m0/s1. The van der Waals surface area contributed by atoms with Crippen LogP contribution < -0.4 is 10.2 Å². The van der Waals surface area contributed by atoms with Crippen LogP contribution in [-0.4, -0.2) is 40.5 Å². The van der Waals surface area contributed by atoms with Crippen LogP contribution in [0.25, 0.3) is 0 Å². The second kappa shape index (κ2) is 8.54. The first kappa shape index (κ1) is 19.8. The Bertz CT molecular complexity index is 1070. The van der Waals surface area contributed by atoms with Gasteiger partial charge in [-0.25, -0.2) is 14.8 Å². The number of aromatic nitrogens is 2. The van der Waals surface area contributed by atoms with Gasteiger partial charge < -0.3 is 15.0 Å². The molecule has 5 rings (SSSR count). The molecule has 1 aliphatic carbocycles. The van der Waals surface area contributed by atoms with Gasteiger partial charge >= 0.3 is 5.97 Å². The topological polar surface area (TPSA) is 109 Å². The number of ether oxygens (including phenoxy) is 1. The molecule has 0 bridgehead atoms. The average molecular weight is 439 g/mol. The van der Waals surface area contributed by atoms with Crippen LogP contribution in [-0.2, 0) is 25.7 Å². The lowest BCUT2D eigenvalue weighted by Gasteiger charge is -2.33. The summed E-state index contributed by atoms with van der Waals surface area (Å²) < 4.78 is 13.8. The molecule has 0 radical (unpaired) electrons. The Morgan fingerprint density at radius 2 is 1.97 bits per heavy atom. The van der Waals surface area contributed by atoms with Gasteiger partial charge in [-0.3, -0.25) is 4.79 Å². The van der Waals surface area contributed by atoms with Crippen LogP contribution in [0.4, 0.5) is 23.0 Å². The summed E-state index contributed by atoms with van der Waals surface area (Å²) in [5.41, 5.74) is 1.89. The van der Waals surface area contributed by atoms with Gasteiger partial charge in [0.05, 0.1) is 17.0 Å². The highest BCUT2D eigenvalue weighted by atomic mass is 32.1. The third kappa shape index (κ3) is 3.95. The van der Waals surface area contributed by atoms with E-state index >= 15 is 0 Å². The maximum absolute atomic E-state index is 13.0. The van der Waals surface area contributed by atoms with Crippen LogP contribution in [0, 0.1) is 5.92 Å². The molecule has 0 unspecified atom stereocenters. The summed E-state index contributed by atoms with van der Waals surface area (Å²) in [6.45, 7) is -0.359. The lowest BCUT2D eigenvalue weighted by Crippen LogP contribution is -2.44. The van der Waals surface area contributed by atoms with E-state index in [2.05, 4.69) is 24.0 Å². The first-order chi connectivity index (χ1) is 15.2. The highest BCUT2D eigenvalue weighted by Gasteiger charge is 2.47. The number of rotatable bonds is 5. The SMILES string of the molecule is O=C(COC(=O)[C@@H]1C[C@@H]2CCCC[C@H]2N1c1ncccn1)Nc1cccc2c1N=S=N2. The molecule has 2 aromatic rings. The van der Waals surface area contributed by atoms with Crippen molar-refractivity contribution < 1.29 is 14.3 Å². The molecule has 1 N–H and O–H groups in total. The molecule has 0 spiro atoms.